The third-order valence-electron chi connectivity index (χ3n) is 3.34. The van der Waals surface area contributed by atoms with Gasteiger partial charge in [-0.05, 0) is 32.6 Å². The second-order valence-electron chi connectivity index (χ2n) is 5.44. The minimum atomic E-state index is -0.729. The molecule has 0 spiro atoms. The van der Waals surface area contributed by atoms with Crippen molar-refractivity contribution in [3.63, 3.8) is 0 Å². The largest absolute Gasteiger partial charge is 0.368 e. The van der Waals surface area contributed by atoms with Crippen LogP contribution in [0.1, 0.15) is 26.7 Å². The monoisotopic (exact) mass is 296 g/mol. The molecule has 2 rings (SSSR count). The number of carbonyl (C=O) groups is 1. The van der Waals surface area contributed by atoms with Crippen LogP contribution in [0, 0.1) is 5.92 Å². The van der Waals surface area contributed by atoms with E-state index in [-0.39, 0.29) is 23.4 Å². The van der Waals surface area contributed by atoms with E-state index in [1.807, 2.05) is 13.8 Å². The molecule has 1 heterocycles. The summed E-state index contributed by atoms with van der Waals surface area (Å²) < 4.78 is 0. The highest BCUT2D eigenvalue weighted by atomic mass is 32.2. The molecular weight excluding hydrogens is 276 g/mol. The van der Waals surface area contributed by atoms with Gasteiger partial charge in [0.25, 0.3) is 5.56 Å². The molecule has 20 heavy (non-hydrogen) atoms. The number of aromatic amines is 1. The number of nitrogens with zero attached hydrogens (tertiary/aromatic N) is 1. The smallest absolute Gasteiger partial charge is 0.251 e. The topological polar surface area (TPSA) is 101 Å². The average molecular weight is 296 g/mol. The van der Waals surface area contributed by atoms with Crippen LogP contribution >= 0.6 is 11.8 Å². The van der Waals surface area contributed by atoms with E-state index < -0.39 is 5.54 Å². The SMILES string of the molecule is CC(C)NC(CSc1nccc(=O)[nH]1)(C(N)=O)C1CC1. The van der Waals surface area contributed by atoms with E-state index in [2.05, 4.69) is 15.3 Å². The van der Waals surface area contributed by atoms with Crippen LogP contribution in [0.3, 0.4) is 0 Å². The number of carbonyl (C=O) groups excluding carboxylic acids is 1. The van der Waals surface area contributed by atoms with Gasteiger partial charge >= 0.3 is 0 Å². The maximum atomic E-state index is 12.0. The lowest BCUT2D eigenvalue weighted by Crippen LogP contribution is -2.61. The molecule has 1 saturated carbocycles. The van der Waals surface area contributed by atoms with Crippen molar-refractivity contribution < 1.29 is 4.79 Å². The fourth-order valence-corrected chi connectivity index (χ4v) is 3.45. The summed E-state index contributed by atoms with van der Waals surface area (Å²) in [5.74, 6) is 0.405. The van der Waals surface area contributed by atoms with Gasteiger partial charge in [0.1, 0.15) is 5.54 Å². The zero-order chi connectivity index (χ0) is 14.8. The molecule has 0 bridgehead atoms. The lowest BCUT2D eigenvalue weighted by atomic mass is 9.93. The minimum absolute atomic E-state index is 0.159. The van der Waals surface area contributed by atoms with Crippen molar-refractivity contribution in [1.29, 1.82) is 0 Å². The van der Waals surface area contributed by atoms with Crippen LogP contribution in [0.4, 0.5) is 0 Å². The Balaban J connectivity index is 2.15. The summed E-state index contributed by atoms with van der Waals surface area (Å²) in [6.45, 7) is 3.99. The van der Waals surface area contributed by atoms with Gasteiger partial charge in [0, 0.05) is 24.1 Å². The molecule has 4 N–H and O–H groups in total. The van der Waals surface area contributed by atoms with Gasteiger partial charge in [-0.1, -0.05) is 11.8 Å². The fraction of sp³-hybridized carbons (Fsp3) is 0.615. The summed E-state index contributed by atoms with van der Waals surface area (Å²) in [6, 6.07) is 1.52. The van der Waals surface area contributed by atoms with Crippen LogP contribution in [-0.4, -0.2) is 33.2 Å². The number of nitrogens with one attached hydrogen (secondary N) is 2. The number of thioether (sulfide) groups is 1. The van der Waals surface area contributed by atoms with E-state index in [9.17, 15) is 9.59 Å². The van der Waals surface area contributed by atoms with Gasteiger partial charge in [0.2, 0.25) is 5.91 Å². The van der Waals surface area contributed by atoms with Crippen molar-refractivity contribution in [2.45, 2.75) is 43.4 Å². The predicted octanol–water partition coefficient (Wildman–Crippen LogP) is 0.494. The summed E-state index contributed by atoms with van der Waals surface area (Å²) in [4.78, 5) is 30.0. The van der Waals surface area contributed by atoms with Crippen molar-refractivity contribution in [2.24, 2.45) is 11.7 Å². The Bertz CT molecular complexity index is 541. The second kappa shape index (κ2) is 5.97. The van der Waals surface area contributed by atoms with Crippen LogP contribution in [-0.2, 0) is 4.79 Å². The van der Waals surface area contributed by atoms with Crippen molar-refractivity contribution in [3.05, 3.63) is 22.6 Å². The van der Waals surface area contributed by atoms with Gasteiger partial charge < -0.3 is 16.0 Å². The van der Waals surface area contributed by atoms with Crippen molar-refractivity contribution in [3.8, 4) is 0 Å². The summed E-state index contributed by atoms with van der Waals surface area (Å²) in [5.41, 5.74) is 4.72. The average Bonchev–Trinajstić information content (AvgIpc) is 3.18. The Kier molecular flexibility index (Phi) is 4.49. The molecule has 1 aliphatic rings. The number of primary amides is 1. The Morgan fingerprint density at radius 1 is 1.65 bits per heavy atom. The molecule has 1 aromatic heterocycles. The molecule has 1 aromatic rings. The zero-order valence-corrected chi connectivity index (χ0v) is 12.5. The molecule has 0 aromatic carbocycles. The first-order valence-corrected chi connectivity index (χ1v) is 7.68. The number of amides is 1. The molecule has 7 heteroatoms. The predicted molar refractivity (Wildman–Crippen MR) is 78.5 cm³/mol. The van der Waals surface area contributed by atoms with E-state index >= 15 is 0 Å². The first-order valence-electron chi connectivity index (χ1n) is 6.70. The Morgan fingerprint density at radius 3 is 2.85 bits per heavy atom. The lowest BCUT2D eigenvalue weighted by molar-refractivity contribution is -0.124. The van der Waals surface area contributed by atoms with Crippen LogP contribution < -0.4 is 16.6 Å². The summed E-state index contributed by atoms with van der Waals surface area (Å²) >= 11 is 1.35. The standard InChI is InChI=1S/C13H20N4O2S/c1-8(2)17-13(11(14)19,9-3-4-9)7-20-12-15-6-5-10(18)16-12/h5-6,8-9,17H,3-4,7H2,1-2H3,(H2,14,19)(H,15,16,18). The van der Waals surface area contributed by atoms with Crippen molar-refractivity contribution in [1.82, 2.24) is 15.3 Å². The van der Waals surface area contributed by atoms with Gasteiger partial charge in [-0.25, -0.2) is 4.98 Å². The minimum Gasteiger partial charge on any atom is -0.368 e. The van der Waals surface area contributed by atoms with E-state index in [1.54, 1.807) is 0 Å². The number of hydrogen-bond acceptors (Lipinski definition) is 5. The molecule has 1 amide bonds. The first kappa shape index (κ1) is 15.1. The van der Waals surface area contributed by atoms with Gasteiger partial charge in [0.15, 0.2) is 5.16 Å². The van der Waals surface area contributed by atoms with Crippen LogP contribution in [0.2, 0.25) is 0 Å². The Labute approximate surface area is 121 Å². The fourth-order valence-electron chi connectivity index (χ4n) is 2.32. The third-order valence-corrected chi connectivity index (χ3v) is 4.43. The Morgan fingerprint density at radius 2 is 2.35 bits per heavy atom. The first-order chi connectivity index (χ1) is 9.44. The highest BCUT2D eigenvalue weighted by Gasteiger charge is 2.50. The molecule has 1 fully saturated rings. The number of hydrogen-bond donors (Lipinski definition) is 3. The van der Waals surface area contributed by atoms with Gasteiger partial charge in [-0.3, -0.25) is 9.59 Å². The number of rotatable bonds is 7. The molecule has 6 nitrogen and oxygen atoms in total. The number of H-pyrrole nitrogens is 1. The van der Waals surface area contributed by atoms with E-state index in [0.29, 0.717) is 10.9 Å². The zero-order valence-electron chi connectivity index (χ0n) is 11.7. The summed E-state index contributed by atoms with van der Waals surface area (Å²) in [7, 11) is 0. The van der Waals surface area contributed by atoms with Crippen molar-refractivity contribution in [2.75, 3.05) is 5.75 Å². The lowest BCUT2D eigenvalue weighted by Gasteiger charge is -2.33. The van der Waals surface area contributed by atoms with Crippen LogP contribution in [0.15, 0.2) is 22.2 Å². The maximum Gasteiger partial charge on any atom is 0.251 e. The molecule has 1 aliphatic carbocycles. The van der Waals surface area contributed by atoms with Gasteiger partial charge in [0.05, 0.1) is 0 Å². The summed E-state index contributed by atoms with van der Waals surface area (Å²) in [6.07, 6.45) is 3.46. The highest BCUT2D eigenvalue weighted by Crippen LogP contribution is 2.42. The molecular formula is C13H20N4O2S. The molecule has 0 aliphatic heterocycles. The number of aromatic nitrogens is 2. The van der Waals surface area contributed by atoms with E-state index in [0.717, 1.165) is 12.8 Å². The third kappa shape index (κ3) is 3.40. The molecule has 0 saturated heterocycles. The van der Waals surface area contributed by atoms with Gasteiger partial charge in [-0.15, -0.1) is 0 Å². The molecule has 1 atom stereocenters. The highest BCUT2D eigenvalue weighted by molar-refractivity contribution is 7.99. The van der Waals surface area contributed by atoms with Crippen LogP contribution in [0.5, 0.6) is 0 Å². The van der Waals surface area contributed by atoms with Gasteiger partial charge in [-0.2, -0.15) is 0 Å². The normalized spacial score (nSPS) is 17.9. The number of nitrogens with two attached hydrogens (primary N) is 1. The summed E-state index contributed by atoms with van der Waals surface area (Å²) in [5, 5.41) is 3.83. The second-order valence-corrected chi connectivity index (χ2v) is 6.40. The molecule has 110 valence electrons. The van der Waals surface area contributed by atoms with E-state index in [4.69, 9.17) is 5.73 Å². The maximum absolute atomic E-state index is 12.0. The van der Waals surface area contributed by atoms with Crippen LogP contribution in [0.25, 0.3) is 0 Å². The molecule has 1 unspecified atom stereocenters. The van der Waals surface area contributed by atoms with E-state index in [1.165, 1.54) is 24.0 Å². The quantitative estimate of drug-likeness (QED) is 0.502. The Hall–Kier alpha value is -1.34. The van der Waals surface area contributed by atoms with Crippen molar-refractivity contribution >= 4 is 17.7 Å². The molecule has 0 radical (unpaired) electrons.